The van der Waals surface area contributed by atoms with E-state index in [4.69, 9.17) is 5.73 Å². The molecule has 0 aliphatic rings. The molecule has 8 heteroatoms. The molecule has 0 amide bonds. The van der Waals surface area contributed by atoms with Crippen LogP contribution in [0.4, 0.5) is 26.4 Å². The SMILES string of the molecule is N#CC(=Cc1c(F)cccc1F)c1nc(N)nc(Nc2ccccc2)n1. The van der Waals surface area contributed by atoms with E-state index in [1.54, 1.807) is 12.1 Å². The number of allylic oxidation sites excluding steroid dienone is 1. The Kier molecular flexibility index (Phi) is 4.80. The van der Waals surface area contributed by atoms with Crippen LogP contribution in [0.15, 0.2) is 48.5 Å². The van der Waals surface area contributed by atoms with E-state index in [1.165, 1.54) is 6.07 Å². The summed E-state index contributed by atoms with van der Waals surface area (Å²) < 4.78 is 27.6. The summed E-state index contributed by atoms with van der Waals surface area (Å²) in [6, 6.07) is 14.3. The molecule has 26 heavy (non-hydrogen) atoms. The molecule has 0 radical (unpaired) electrons. The van der Waals surface area contributed by atoms with E-state index in [0.29, 0.717) is 5.69 Å². The molecule has 3 aromatic rings. The second-order valence-electron chi connectivity index (χ2n) is 5.14. The standard InChI is InChI=1S/C18H12F2N6/c19-14-7-4-8-15(20)13(14)9-11(10-21)16-24-17(22)26-18(25-16)23-12-5-2-1-3-6-12/h1-9H,(H3,22,23,24,25,26). The normalized spacial score (nSPS) is 11.0. The van der Waals surface area contributed by atoms with E-state index in [1.807, 2.05) is 24.3 Å². The number of rotatable bonds is 4. The maximum Gasteiger partial charge on any atom is 0.232 e. The van der Waals surface area contributed by atoms with Crippen LogP contribution >= 0.6 is 0 Å². The summed E-state index contributed by atoms with van der Waals surface area (Å²) in [6.45, 7) is 0. The topological polar surface area (TPSA) is 101 Å². The molecule has 1 aromatic heterocycles. The van der Waals surface area contributed by atoms with Crippen molar-refractivity contribution in [3.8, 4) is 6.07 Å². The molecule has 0 fully saturated rings. The highest BCUT2D eigenvalue weighted by atomic mass is 19.1. The van der Waals surface area contributed by atoms with Crippen molar-refractivity contribution in [1.82, 2.24) is 15.0 Å². The first-order chi connectivity index (χ1) is 12.6. The molecule has 0 aliphatic carbocycles. The number of nitrogens with zero attached hydrogens (tertiary/aromatic N) is 4. The van der Waals surface area contributed by atoms with Gasteiger partial charge in [0.05, 0.1) is 5.57 Å². The molecule has 0 spiro atoms. The fourth-order valence-corrected chi connectivity index (χ4v) is 2.16. The Labute approximate surface area is 147 Å². The quantitative estimate of drug-likeness (QED) is 0.698. The number of aromatic nitrogens is 3. The number of para-hydroxylation sites is 1. The third kappa shape index (κ3) is 3.79. The van der Waals surface area contributed by atoms with Gasteiger partial charge >= 0.3 is 0 Å². The number of hydrogen-bond donors (Lipinski definition) is 2. The minimum Gasteiger partial charge on any atom is -0.368 e. The van der Waals surface area contributed by atoms with Crippen molar-refractivity contribution >= 4 is 29.2 Å². The first kappa shape index (κ1) is 17.0. The van der Waals surface area contributed by atoms with Gasteiger partial charge in [0, 0.05) is 11.3 Å². The molecule has 0 saturated carbocycles. The molecule has 2 aromatic carbocycles. The maximum atomic E-state index is 13.8. The predicted molar refractivity (Wildman–Crippen MR) is 93.8 cm³/mol. The van der Waals surface area contributed by atoms with E-state index in [0.717, 1.165) is 18.2 Å². The molecule has 128 valence electrons. The van der Waals surface area contributed by atoms with Gasteiger partial charge in [-0.2, -0.15) is 20.2 Å². The number of benzene rings is 2. The number of nitrogen functional groups attached to an aromatic ring is 1. The molecular formula is C18H12F2N6. The lowest BCUT2D eigenvalue weighted by Crippen LogP contribution is -2.06. The Morgan fingerprint density at radius 1 is 1.00 bits per heavy atom. The summed E-state index contributed by atoms with van der Waals surface area (Å²) in [5.74, 6) is -1.73. The highest BCUT2D eigenvalue weighted by Gasteiger charge is 2.13. The van der Waals surface area contributed by atoms with Gasteiger partial charge in [-0.25, -0.2) is 8.78 Å². The monoisotopic (exact) mass is 350 g/mol. The smallest absolute Gasteiger partial charge is 0.232 e. The molecule has 0 unspecified atom stereocenters. The van der Waals surface area contributed by atoms with Crippen LogP contribution in [0.3, 0.4) is 0 Å². The van der Waals surface area contributed by atoms with Gasteiger partial charge in [-0.05, 0) is 30.3 Å². The lowest BCUT2D eigenvalue weighted by Gasteiger charge is -2.07. The molecular weight excluding hydrogens is 338 g/mol. The van der Waals surface area contributed by atoms with E-state index >= 15 is 0 Å². The lowest BCUT2D eigenvalue weighted by molar-refractivity contribution is 0.579. The fraction of sp³-hybridized carbons (Fsp3) is 0. The average Bonchev–Trinajstić information content (AvgIpc) is 2.62. The largest absolute Gasteiger partial charge is 0.368 e. The molecule has 0 bridgehead atoms. The van der Waals surface area contributed by atoms with Crippen LogP contribution in [0.2, 0.25) is 0 Å². The highest BCUT2D eigenvalue weighted by molar-refractivity contribution is 5.87. The minimum absolute atomic E-state index is 0.0962. The van der Waals surface area contributed by atoms with Crippen molar-refractivity contribution in [2.75, 3.05) is 11.1 Å². The van der Waals surface area contributed by atoms with E-state index in [2.05, 4.69) is 20.3 Å². The second-order valence-corrected chi connectivity index (χ2v) is 5.14. The Balaban J connectivity index is 2.02. The van der Waals surface area contributed by atoms with Crippen LogP contribution in [0, 0.1) is 23.0 Å². The number of anilines is 3. The van der Waals surface area contributed by atoms with Crippen molar-refractivity contribution < 1.29 is 8.78 Å². The number of nitriles is 1. The van der Waals surface area contributed by atoms with Gasteiger partial charge in [-0.3, -0.25) is 0 Å². The summed E-state index contributed by atoms with van der Waals surface area (Å²) in [4.78, 5) is 11.9. The van der Waals surface area contributed by atoms with Gasteiger partial charge in [0.15, 0.2) is 5.82 Å². The van der Waals surface area contributed by atoms with E-state index in [-0.39, 0.29) is 28.9 Å². The lowest BCUT2D eigenvalue weighted by atomic mass is 10.1. The zero-order chi connectivity index (χ0) is 18.5. The first-order valence-electron chi connectivity index (χ1n) is 7.46. The molecule has 0 saturated heterocycles. The summed E-state index contributed by atoms with van der Waals surface area (Å²) in [6.07, 6.45) is 1.03. The van der Waals surface area contributed by atoms with Crippen molar-refractivity contribution in [3.63, 3.8) is 0 Å². The van der Waals surface area contributed by atoms with Gasteiger partial charge in [-0.1, -0.05) is 24.3 Å². The van der Waals surface area contributed by atoms with Crippen LogP contribution in [-0.2, 0) is 0 Å². The number of nitrogens with two attached hydrogens (primary N) is 1. The Morgan fingerprint density at radius 2 is 1.69 bits per heavy atom. The summed E-state index contributed by atoms with van der Waals surface area (Å²) in [7, 11) is 0. The molecule has 0 atom stereocenters. The fourth-order valence-electron chi connectivity index (χ4n) is 2.16. The Hall–Kier alpha value is -3.86. The average molecular weight is 350 g/mol. The molecule has 1 heterocycles. The third-order valence-electron chi connectivity index (χ3n) is 3.33. The van der Waals surface area contributed by atoms with Gasteiger partial charge < -0.3 is 11.1 Å². The van der Waals surface area contributed by atoms with Gasteiger partial charge in [0.25, 0.3) is 0 Å². The molecule has 3 N–H and O–H groups in total. The van der Waals surface area contributed by atoms with Crippen LogP contribution in [0.1, 0.15) is 11.4 Å². The van der Waals surface area contributed by atoms with E-state index < -0.39 is 11.6 Å². The van der Waals surface area contributed by atoms with Crippen molar-refractivity contribution in [2.24, 2.45) is 0 Å². The number of nitrogens with one attached hydrogen (secondary N) is 1. The van der Waals surface area contributed by atoms with Crippen LogP contribution in [0.25, 0.3) is 11.6 Å². The van der Waals surface area contributed by atoms with Gasteiger partial charge in [-0.15, -0.1) is 0 Å². The van der Waals surface area contributed by atoms with Crippen molar-refractivity contribution in [2.45, 2.75) is 0 Å². The zero-order valence-electron chi connectivity index (χ0n) is 13.3. The third-order valence-corrected chi connectivity index (χ3v) is 3.33. The van der Waals surface area contributed by atoms with Crippen LogP contribution < -0.4 is 11.1 Å². The van der Waals surface area contributed by atoms with E-state index in [9.17, 15) is 14.0 Å². The highest BCUT2D eigenvalue weighted by Crippen LogP contribution is 2.21. The second kappa shape index (κ2) is 7.36. The molecule has 0 aliphatic heterocycles. The van der Waals surface area contributed by atoms with Crippen LogP contribution in [-0.4, -0.2) is 15.0 Å². The van der Waals surface area contributed by atoms with Crippen molar-refractivity contribution in [3.05, 3.63) is 71.6 Å². The van der Waals surface area contributed by atoms with Crippen LogP contribution in [0.5, 0.6) is 0 Å². The minimum atomic E-state index is -0.803. The van der Waals surface area contributed by atoms with Gasteiger partial charge in [0.2, 0.25) is 11.9 Å². The Morgan fingerprint density at radius 3 is 2.35 bits per heavy atom. The summed E-state index contributed by atoms with van der Waals surface area (Å²) in [5.41, 5.74) is 5.86. The Bertz CT molecular complexity index is 992. The molecule has 6 nitrogen and oxygen atoms in total. The number of hydrogen-bond acceptors (Lipinski definition) is 6. The number of halogens is 2. The summed E-state index contributed by atoms with van der Waals surface area (Å²) in [5, 5.41) is 12.3. The maximum absolute atomic E-state index is 13.8. The summed E-state index contributed by atoms with van der Waals surface area (Å²) >= 11 is 0. The van der Waals surface area contributed by atoms with Gasteiger partial charge in [0.1, 0.15) is 17.7 Å². The van der Waals surface area contributed by atoms with Crippen molar-refractivity contribution in [1.29, 1.82) is 5.26 Å². The predicted octanol–water partition coefficient (Wildman–Crippen LogP) is 3.54. The molecule has 3 rings (SSSR count). The zero-order valence-corrected chi connectivity index (χ0v) is 13.3. The first-order valence-corrected chi connectivity index (χ1v) is 7.46.